The molecule has 0 radical (unpaired) electrons. The van der Waals surface area contributed by atoms with Crippen LogP contribution in [0.1, 0.15) is 0 Å². The molecule has 0 aliphatic carbocycles. The van der Waals surface area contributed by atoms with Gasteiger partial charge < -0.3 is 9.47 Å². The molecule has 0 saturated heterocycles. The first kappa shape index (κ1) is 33.2. The van der Waals surface area contributed by atoms with Gasteiger partial charge in [0.25, 0.3) is 0 Å². The zero-order valence-electron chi connectivity index (χ0n) is 30.8. The molecule has 0 fully saturated rings. The lowest BCUT2D eigenvalue weighted by atomic mass is 9.97. The first-order chi connectivity index (χ1) is 27.8. The van der Waals surface area contributed by atoms with Crippen LogP contribution in [0.4, 0.5) is 17.1 Å². The van der Waals surface area contributed by atoms with Crippen molar-refractivity contribution < 1.29 is 0 Å². The van der Waals surface area contributed by atoms with Crippen molar-refractivity contribution in [1.29, 1.82) is 0 Å². The minimum Gasteiger partial charge on any atom is -0.309 e. The third-order valence-corrected chi connectivity index (χ3v) is 10.8. The molecule has 0 N–H and O–H groups in total. The lowest BCUT2D eigenvalue weighted by Gasteiger charge is -2.30. The summed E-state index contributed by atoms with van der Waals surface area (Å²) in [6.45, 7) is 0. The Labute approximate surface area is 327 Å². The highest BCUT2D eigenvalue weighted by molar-refractivity contribution is 6.09. The van der Waals surface area contributed by atoms with E-state index >= 15 is 0 Å². The molecule has 0 unspecified atom stereocenters. The van der Waals surface area contributed by atoms with Crippen molar-refractivity contribution >= 4 is 38.9 Å². The smallest absolute Gasteiger partial charge is 0.0541 e. The average molecular weight is 715 g/mol. The number of benzene rings is 9. The molecule has 0 amide bonds. The maximum atomic E-state index is 2.41. The largest absolute Gasteiger partial charge is 0.309 e. The van der Waals surface area contributed by atoms with Crippen molar-refractivity contribution in [3.05, 3.63) is 231 Å². The van der Waals surface area contributed by atoms with E-state index in [-0.39, 0.29) is 0 Å². The van der Waals surface area contributed by atoms with Crippen molar-refractivity contribution in [3.8, 4) is 50.2 Å². The number of rotatable bonds is 8. The molecular weight excluding hydrogens is 677 g/mol. The summed E-state index contributed by atoms with van der Waals surface area (Å²) in [5.74, 6) is 0. The third-order valence-electron chi connectivity index (χ3n) is 10.8. The van der Waals surface area contributed by atoms with E-state index in [0.717, 1.165) is 22.6 Å². The zero-order valence-corrected chi connectivity index (χ0v) is 30.8. The summed E-state index contributed by atoms with van der Waals surface area (Å²) in [5, 5.41) is 2.53. The molecule has 0 aliphatic heterocycles. The summed E-state index contributed by atoms with van der Waals surface area (Å²) in [5.41, 5.74) is 16.3. The van der Waals surface area contributed by atoms with Crippen LogP contribution in [0.25, 0.3) is 72.0 Å². The molecule has 0 aliphatic rings. The van der Waals surface area contributed by atoms with Gasteiger partial charge in [-0.2, -0.15) is 0 Å². The number of hydrogen-bond donors (Lipinski definition) is 0. The van der Waals surface area contributed by atoms with Crippen molar-refractivity contribution in [1.82, 2.24) is 4.57 Å². The van der Waals surface area contributed by atoms with Crippen LogP contribution >= 0.6 is 0 Å². The van der Waals surface area contributed by atoms with Crippen LogP contribution in [-0.2, 0) is 0 Å². The van der Waals surface area contributed by atoms with Crippen molar-refractivity contribution in [2.75, 3.05) is 4.90 Å². The van der Waals surface area contributed by atoms with Gasteiger partial charge in [-0.25, -0.2) is 0 Å². The van der Waals surface area contributed by atoms with Crippen LogP contribution < -0.4 is 4.90 Å². The monoisotopic (exact) mass is 714 g/mol. The quantitative estimate of drug-likeness (QED) is 0.152. The number of fused-ring (bicyclic) bond motifs is 3. The van der Waals surface area contributed by atoms with E-state index < -0.39 is 0 Å². The fourth-order valence-electron chi connectivity index (χ4n) is 8.23. The second-order valence-electron chi connectivity index (χ2n) is 14.1. The van der Waals surface area contributed by atoms with Gasteiger partial charge >= 0.3 is 0 Å². The Balaban J connectivity index is 1.08. The van der Waals surface area contributed by atoms with Gasteiger partial charge in [0.2, 0.25) is 0 Å². The van der Waals surface area contributed by atoms with E-state index in [1.165, 1.54) is 66.4 Å². The normalized spacial score (nSPS) is 11.2. The van der Waals surface area contributed by atoms with Crippen molar-refractivity contribution in [2.45, 2.75) is 0 Å². The Morgan fingerprint density at radius 3 is 1.32 bits per heavy atom. The second kappa shape index (κ2) is 14.4. The summed E-state index contributed by atoms with van der Waals surface area (Å²) in [6.07, 6.45) is 0. The SMILES string of the molecule is c1ccc(-c2ccccc2N(c2ccc(-c3cccc(-c4ccccc4-n4c5ccccc5c5ccccc54)c3)cc2)c2ccccc2-c2ccccc2)cc1. The van der Waals surface area contributed by atoms with Crippen LogP contribution in [0.15, 0.2) is 231 Å². The highest BCUT2D eigenvalue weighted by Gasteiger charge is 2.21. The Bertz CT molecular complexity index is 2820. The van der Waals surface area contributed by atoms with Crippen molar-refractivity contribution in [3.63, 3.8) is 0 Å². The van der Waals surface area contributed by atoms with E-state index in [1.807, 2.05) is 0 Å². The predicted octanol–water partition coefficient (Wildman–Crippen LogP) is 14.9. The number of para-hydroxylation sites is 5. The van der Waals surface area contributed by atoms with Gasteiger partial charge in [0.05, 0.1) is 28.1 Å². The summed E-state index contributed by atoms with van der Waals surface area (Å²) in [4.78, 5) is 2.41. The molecule has 2 heteroatoms. The summed E-state index contributed by atoms with van der Waals surface area (Å²) < 4.78 is 2.41. The number of aromatic nitrogens is 1. The molecule has 9 aromatic carbocycles. The van der Waals surface area contributed by atoms with Gasteiger partial charge in [0.15, 0.2) is 0 Å². The molecule has 0 saturated carbocycles. The maximum Gasteiger partial charge on any atom is 0.0541 e. The lowest BCUT2D eigenvalue weighted by Crippen LogP contribution is -2.12. The van der Waals surface area contributed by atoms with Gasteiger partial charge in [0, 0.05) is 33.2 Å². The Morgan fingerprint density at radius 1 is 0.286 bits per heavy atom. The molecule has 264 valence electrons. The van der Waals surface area contributed by atoms with E-state index in [1.54, 1.807) is 0 Å². The summed E-state index contributed by atoms with van der Waals surface area (Å²) in [6, 6.07) is 83.0. The molecule has 10 rings (SSSR count). The van der Waals surface area contributed by atoms with E-state index in [2.05, 4.69) is 240 Å². The Morgan fingerprint density at radius 2 is 0.732 bits per heavy atom. The molecule has 0 atom stereocenters. The lowest BCUT2D eigenvalue weighted by molar-refractivity contribution is 1.18. The van der Waals surface area contributed by atoms with Crippen LogP contribution in [0.5, 0.6) is 0 Å². The van der Waals surface area contributed by atoms with Crippen LogP contribution in [-0.4, -0.2) is 4.57 Å². The molecule has 1 heterocycles. The summed E-state index contributed by atoms with van der Waals surface area (Å²) in [7, 11) is 0. The fourth-order valence-corrected chi connectivity index (χ4v) is 8.23. The number of nitrogens with zero attached hydrogens (tertiary/aromatic N) is 2. The zero-order chi connectivity index (χ0) is 37.3. The van der Waals surface area contributed by atoms with Crippen LogP contribution in [0.2, 0.25) is 0 Å². The molecule has 0 spiro atoms. The van der Waals surface area contributed by atoms with Crippen molar-refractivity contribution in [2.24, 2.45) is 0 Å². The molecule has 56 heavy (non-hydrogen) atoms. The number of hydrogen-bond acceptors (Lipinski definition) is 1. The van der Waals surface area contributed by atoms with Gasteiger partial charge in [-0.05, 0) is 76.3 Å². The summed E-state index contributed by atoms with van der Waals surface area (Å²) >= 11 is 0. The van der Waals surface area contributed by atoms with Gasteiger partial charge in [-0.15, -0.1) is 0 Å². The molecular formula is C54H38N2. The number of anilines is 3. The molecule has 1 aromatic heterocycles. The van der Waals surface area contributed by atoms with E-state index in [9.17, 15) is 0 Å². The average Bonchev–Trinajstić information content (AvgIpc) is 3.62. The van der Waals surface area contributed by atoms with E-state index in [0.29, 0.717) is 0 Å². The molecule has 2 nitrogen and oxygen atoms in total. The standard InChI is InChI=1S/C54H38N2/c1-3-18-40(19-4-1)45-24-7-12-29-50(45)55(51-30-13-8-25-46(51)41-20-5-2-6-21-41)44-36-34-39(35-37-44)42-22-17-23-43(38-42)47-26-9-14-31-52(47)56-53-32-15-10-27-48(53)49-28-11-16-33-54(49)56/h1-38H. The van der Waals surface area contributed by atoms with Crippen LogP contribution in [0, 0.1) is 0 Å². The highest BCUT2D eigenvalue weighted by atomic mass is 15.1. The second-order valence-corrected chi connectivity index (χ2v) is 14.1. The minimum atomic E-state index is 1.09. The Kier molecular flexibility index (Phi) is 8.55. The van der Waals surface area contributed by atoms with E-state index in [4.69, 9.17) is 0 Å². The third kappa shape index (κ3) is 5.95. The topological polar surface area (TPSA) is 8.17 Å². The van der Waals surface area contributed by atoms with Crippen LogP contribution in [0.3, 0.4) is 0 Å². The van der Waals surface area contributed by atoms with Gasteiger partial charge in [0.1, 0.15) is 0 Å². The van der Waals surface area contributed by atoms with Gasteiger partial charge in [-0.1, -0.05) is 182 Å². The predicted molar refractivity (Wildman–Crippen MR) is 237 cm³/mol. The highest BCUT2D eigenvalue weighted by Crippen LogP contribution is 2.45. The first-order valence-corrected chi connectivity index (χ1v) is 19.2. The minimum absolute atomic E-state index is 1.09. The molecule has 10 aromatic rings. The fraction of sp³-hybridized carbons (Fsp3) is 0. The molecule has 0 bridgehead atoms. The van der Waals surface area contributed by atoms with Gasteiger partial charge in [-0.3, -0.25) is 0 Å². The first-order valence-electron chi connectivity index (χ1n) is 19.2. The Hall–Kier alpha value is -7.42. The maximum absolute atomic E-state index is 2.41.